The SMILES string of the molecule is Cc1c(Cl)cccc1NC(=O)Nc1cccc2c1ccn2Cc1ccnc2[nH]ccc12. The molecular formula is C24H20ClN5O. The fourth-order valence-corrected chi connectivity index (χ4v) is 4.00. The lowest BCUT2D eigenvalue weighted by molar-refractivity contribution is 0.262. The van der Waals surface area contributed by atoms with Crippen LogP contribution < -0.4 is 10.6 Å². The van der Waals surface area contributed by atoms with E-state index in [1.165, 1.54) is 5.56 Å². The summed E-state index contributed by atoms with van der Waals surface area (Å²) in [4.78, 5) is 20.1. The highest BCUT2D eigenvalue weighted by Crippen LogP contribution is 2.27. The van der Waals surface area contributed by atoms with Crippen molar-refractivity contribution in [1.29, 1.82) is 0 Å². The van der Waals surface area contributed by atoms with Crippen molar-refractivity contribution in [2.45, 2.75) is 13.5 Å². The van der Waals surface area contributed by atoms with Crippen molar-refractivity contribution in [2.24, 2.45) is 0 Å². The summed E-state index contributed by atoms with van der Waals surface area (Å²) in [5.74, 6) is 0. The van der Waals surface area contributed by atoms with Gasteiger partial charge in [-0.05, 0) is 60.5 Å². The van der Waals surface area contributed by atoms with Gasteiger partial charge >= 0.3 is 6.03 Å². The van der Waals surface area contributed by atoms with Gasteiger partial charge in [0.15, 0.2) is 0 Å². The molecule has 7 heteroatoms. The number of fused-ring (bicyclic) bond motifs is 2. The summed E-state index contributed by atoms with van der Waals surface area (Å²) >= 11 is 6.15. The molecule has 3 aromatic heterocycles. The van der Waals surface area contributed by atoms with Crippen molar-refractivity contribution >= 4 is 50.9 Å². The maximum Gasteiger partial charge on any atom is 0.323 e. The predicted octanol–water partition coefficient (Wildman–Crippen LogP) is 6.17. The van der Waals surface area contributed by atoms with Crippen molar-refractivity contribution in [2.75, 3.05) is 10.6 Å². The number of aromatic amines is 1. The third-order valence-corrected chi connectivity index (χ3v) is 5.88. The Labute approximate surface area is 183 Å². The summed E-state index contributed by atoms with van der Waals surface area (Å²) in [6.07, 6.45) is 5.75. The third-order valence-electron chi connectivity index (χ3n) is 5.47. The number of carbonyl (C=O) groups excluding carboxylic acids is 1. The summed E-state index contributed by atoms with van der Waals surface area (Å²) in [5, 5.41) is 8.53. The van der Waals surface area contributed by atoms with Crippen molar-refractivity contribution in [1.82, 2.24) is 14.5 Å². The van der Waals surface area contributed by atoms with E-state index in [2.05, 4.69) is 31.2 Å². The number of hydrogen-bond donors (Lipinski definition) is 3. The van der Waals surface area contributed by atoms with Gasteiger partial charge in [-0.2, -0.15) is 0 Å². The number of hydrogen-bond acceptors (Lipinski definition) is 2. The summed E-state index contributed by atoms with van der Waals surface area (Å²) in [6.45, 7) is 2.58. The molecule has 3 N–H and O–H groups in total. The molecule has 0 bridgehead atoms. The zero-order chi connectivity index (χ0) is 21.4. The first-order valence-corrected chi connectivity index (χ1v) is 10.3. The van der Waals surface area contributed by atoms with Gasteiger partial charge in [-0.1, -0.05) is 23.7 Å². The van der Waals surface area contributed by atoms with Gasteiger partial charge in [-0.15, -0.1) is 0 Å². The number of carbonyl (C=O) groups is 1. The zero-order valence-electron chi connectivity index (χ0n) is 16.8. The molecule has 2 amide bonds. The molecule has 154 valence electrons. The van der Waals surface area contributed by atoms with Crippen molar-refractivity contribution in [3.8, 4) is 0 Å². The van der Waals surface area contributed by atoms with Gasteiger partial charge in [-0.3, -0.25) is 0 Å². The van der Waals surface area contributed by atoms with E-state index in [1.54, 1.807) is 6.07 Å². The Bertz CT molecular complexity index is 1420. The Balaban J connectivity index is 1.41. The van der Waals surface area contributed by atoms with Gasteiger partial charge in [0.2, 0.25) is 0 Å². The van der Waals surface area contributed by atoms with Crippen LogP contribution in [0.3, 0.4) is 0 Å². The van der Waals surface area contributed by atoms with Gasteiger partial charge in [-0.25, -0.2) is 9.78 Å². The third kappa shape index (κ3) is 3.62. The molecule has 6 nitrogen and oxygen atoms in total. The molecule has 0 aliphatic rings. The van der Waals surface area contributed by atoms with E-state index in [1.807, 2.05) is 68.0 Å². The topological polar surface area (TPSA) is 74.7 Å². The maximum absolute atomic E-state index is 12.6. The standard InChI is InChI=1S/C24H20ClN5O/c1-15-19(25)4-2-5-20(15)28-24(31)29-21-6-3-7-22-18(21)10-13-30(22)14-16-8-11-26-23-17(16)9-12-27-23/h2-13H,14H2,1H3,(H,26,27)(H2,28,29,31). The minimum atomic E-state index is -0.311. The normalized spacial score (nSPS) is 11.2. The molecule has 0 saturated carbocycles. The van der Waals surface area contributed by atoms with Crippen molar-refractivity contribution < 1.29 is 4.79 Å². The van der Waals surface area contributed by atoms with E-state index >= 15 is 0 Å². The Hall–Kier alpha value is -3.77. The Morgan fingerprint density at radius 2 is 1.84 bits per heavy atom. The van der Waals surface area contributed by atoms with Crippen LogP contribution in [-0.2, 0) is 6.54 Å². The molecule has 31 heavy (non-hydrogen) atoms. The molecule has 0 radical (unpaired) electrons. The number of nitrogens with one attached hydrogen (secondary N) is 3. The smallest absolute Gasteiger partial charge is 0.323 e. The molecule has 0 saturated heterocycles. The van der Waals surface area contributed by atoms with Gasteiger partial charge in [0.05, 0.1) is 11.2 Å². The summed E-state index contributed by atoms with van der Waals surface area (Å²) in [7, 11) is 0. The second-order valence-corrected chi connectivity index (χ2v) is 7.79. The van der Waals surface area contributed by atoms with Crippen LogP contribution in [0.5, 0.6) is 0 Å². The molecule has 5 aromatic rings. The van der Waals surface area contributed by atoms with Crippen LogP contribution in [0.4, 0.5) is 16.2 Å². The average molecular weight is 430 g/mol. The second kappa shape index (κ2) is 7.81. The maximum atomic E-state index is 12.6. The van der Waals surface area contributed by atoms with E-state index in [9.17, 15) is 4.79 Å². The predicted molar refractivity (Wildman–Crippen MR) is 126 cm³/mol. The van der Waals surface area contributed by atoms with E-state index in [0.717, 1.165) is 33.2 Å². The Kier molecular flexibility index (Phi) is 4.84. The van der Waals surface area contributed by atoms with Crippen molar-refractivity contribution in [3.63, 3.8) is 0 Å². The number of benzene rings is 2. The van der Waals surface area contributed by atoms with Crippen LogP contribution in [-0.4, -0.2) is 20.6 Å². The molecule has 0 aliphatic carbocycles. The first kappa shape index (κ1) is 19.2. The number of H-pyrrole nitrogens is 1. The molecule has 0 aliphatic heterocycles. The van der Waals surface area contributed by atoms with E-state index in [4.69, 9.17) is 11.6 Å². The number of anilines is 2. The Morgan fingerprint density at radius 3 is 2.74 bits per heavy atom. The molecule has 0 unspecified atom stereocenters. The molecule has 0 spiro atoms. The zero-order valence-corrected chi connectivity index (χ0v) is 17.6. The van der Waals surface area contributed by atoms with E-state index in [-0.39, 0.29) is 6.03 Å². The number of amides is 2. The van der Waals surface area contributed by atoms with Gasteiger partial charge in [0.25, 0.3) is 0 Å². The second-order valence-electron chi connectivity index (χ2n) is 7.38. The van der Waals surface area contributed by atoms with Crippen LogP contribution in [0.2, 0.25) is 5.02 Å². The van der Waals surface area contributed by atoms with Gasteiger partial charge < -0.3 is 20.2 Å². The lowest BCUT2D eigenvalue weighted by Gasteiger charge is -2.12. The lowest BCUT2D eigenvalue weighted by atomic mass is 10.2. The molecule has 5 rings (SSSR count). The number of pyridine rings is 1. The van der Waals surface area contributed by atoms with Gasteiger partial charge in [0.1, 0.15) is 5.65 Å². The minimum Gasteiger partial charge on any atom is -0.346 e. The van der Waals surface area contributed by atoms with E-state index < -0.39 is 0 Å². The van der Waals surface area contributed by atoms with Crippen LogP contribution in [0.1, 0.15) is 11.1 Å². The fraction of sp³-hybridized carbons (Fsp3) is 0.0833. The number of halogens is 1. The highest BCUT2D eigenvalue weighted by molar-refractivity contribution is 6.31. The first-order valence-electron chi connectivity index (χ1n) is 9.92. The fourth-order valence-electron chi connectivity index (χ4n) is 3.83. The summed E-state index contributed by atoms with van der Waals surface area (Å²) in [6, 6.07) is 17.1. The van der Waals surface area contributed by atoms with Crippen LogP contribution in [0.15, 0.2) is 73.2 Å². The lowest BCUT2D eigenvalue weighted by Crippen LogP contribution is -2.20. The van der Waals surface area contributed by atoms with Crippen molar-refractivity contribution in [3.05, 3.63) is 89.3 Å². The molecule has 0 fully saturated rings. The number of nitrogens with zero attached hydrogens (tertiary/aromatic N) is 2. The first-order chi connectivity index (χ1) is 15.1. The summed E-state index contributed by atoms with van der Waals surface area (Å²) < 4.78 is 2.17. The quantitative estimate of drug-likeness (QED) is 0.319. The minimum absolute atomic E-state index is 0.311. The Morgan fingerprint density at radius 1 is 1.03 bits per heavy atom. The average Bonchev–Trinajstić information content (AvgIpc) is 3.40. The largest absolute Gasteiger partial charge is 0.346 e. The monoisotopic (exact) mass is 429 g/mol. The molecule has 2 aromatic carbocycles. The van der Waals surface area contributed by atoms with E-state index in [0.29, 0.717) is 17.3 Å². The number of rotatable bonds is 4. The van der Waals surface area contributed by atoms with Gasteiger partial charge in [0, 0.05) is 46.6 Å². The molecule has 3 heterocycles. The highest BCUT2D eigenvalue weighted by atomic mass is 35.5. The molecular weight excluding hydrogens is 410 g/mol. The molecule has 0 atom stereocenters. The highest BCUT2D eigenvalue weighted by Gasteiger charge is 2.12. The van der Waals surface area contributed by atoms with Crippen LogP contribution >= 0.6 is 11.6 Å². The van der Waals surface area contributed by atoms with Crippen LogP contribution in [0.25, 0.3) is 21.9 Å². The van der Waals surface area contributed by atoms with Crippen LogP contribution in [0, 0.1) is 6.92 Å². The number of aromatic nitrogens is 3. The number of urea groups is 1. The summed E-state index contributed by atoms with van der Waals surface area (Å²) in [5.41, 5.74) is 5.35.